The van der Waals surface area contributed by atoms with Crippen molar-refractivity contribution in [1.82, 2.24) is 4.72 Å². The highest BCUT2D eigenvalue weighted by atomic mass is 32.2. The summed E-state index contributed by atoms with van der Waals surface area (Å²) in [5.74, 6) is -0.591. The summed E-state index contributed by atoms with van der Waals surface area (Å²) in [6.07, 6.45) is 0.937. The molecule has 0 fully saturated rings. The molecule has 2 rings (SSSR count). The molecule has 0 saturated heterocycles. The molecule has 0 aliphatic rings. The van der Waals surface area contributed by atoms with Crippen LogP contribution < -0.4 is 10.5 Å². The normalized spacial score (nSPS) is 12.8. The highest BCUT2D eigenvalue weighted by Gasteiger charge is 2.18. The number of amides is 1. The number of primary amides is 1. The van der Waals surface area contributed by atoms with Crippen molar-refractivity contribution in [2.75, 3.05) is 0 Å². The van der Waals surface area contributed by atoms with Gasteiger partial charge in [0.25, 0.3) is 0 Å². The Labute approximate surface area is 136 Å². The number of sulfonamides is 1. The van der Waals surface area contributed by atoms with Crippen molar-refractivity contribution >= 4 is 15.9 Å². The van der Waals surface area contributed by atoms with E-state index in [1.165, 1.54) is 29.8 Å². The first-order valence-corrected chi connectivity index (χ1v) is 8.83. The van der Waals surface area contributed by atoms with Crippen LogP contribution in [-0.2, 0) is 16.4 Å². The number of hydrogen-bond acceptors (Lipinski definition) is 3. The van der Waals surface area contributed by atoms with Gasteiger partial charge in [0.15, 0.2) is 0 Å². The molecule has 2 aromatic carbocycles. The zero-order valence-corrected chi connectivity index (χ0v) is 13.9. The van der Waals surface area contributed by atoms with Crippen molar-refractivity contribution in [2.24, 2.45) is 5.73 Å². The van der Waals surface area contributed by atoms with Gasteiger partial charge in [-0.05, 0) is 48.7 Å². The molecule has 1 unspecified atom stereocenters. The molecular weight excluding hydrogens is 312 g/mol. The second-order valence-corrected chi connectivity index (χ2v) is 7.04. The van der Waals surface area contributed by atoms with Gasteiger partial charge in [0, 0.05) is 11.6 Å². The number of benzene rings is 2. The SMILES string of the molecule is CCc1ccc(C(C)NS(=O)(=O)c2ccc(C(N)=O)cc2)cc1. The summed E-state index contributed by atoms with van der Waals surface area (Å²) in [7, 11) is -3.67. The zero-order chi connectivity index (χ0) is 17.0. The monoisotopic (exact) mass is 332 g/mol. The Morgan fingerprint density at radius 3 is 2.13 bits per heavy atom. The summed E-state index contributed by atoms with van der Waals surface area (Å²) in [5.41, 5.74) is 7.51. The molecule has 0 bridgehead atoms. The summed E-state index contributed by atoms with van der Waals surface area (Å²) in [5, 5.41) is 0. The maximum atomic E-state index is 12.4. The van der Waals surface area contributed by atoms with Crippen LogP contribution in [0.2, 0.25) is 0 Å². The maximum Gasteiger partial charge on any atom is 0.248 e. The van der Waals surface area contributed by atoms with E-state index < -0.39 is 15.9 Å². The third-order valence-electron chi connectivity index (χ3n) is 3.67. The lowest BCUT2D eigenvalue weighted by molar-refractivity contribution is 0.1000. The van der Waals surface area contributed by atoms with Gasteiger partial charge in [-0.2, -0.15) is 0 Å². The second kappa shape index (κ2) is 6.93. The van der Waals surface area contributed by atoms with Crippen LogP contribution in [0.1, 0.15) is 41.4 Å². The number of nitrogens with one attached hydrogen (secondary N) is 1. The van der Waals surface area contributed by atoms with E-state index in [-0.39, 0.29) is 16.5 Å². The van der Waals surface area contributed by atoms with E-state index in [0.29, 0.717) is 0 Å². The van der Waals surface area contributed by atoms with Crippen LogP contribution in [0.15, 0.2) is 53.4 Å². The minimum atomic E-state index is -3.67. The number of rotatable bonds is 6. The van der Waals surface area contributed by atoms with E-state index in [0.717, 1.165) is 12.0 Å². The van der Waals surface area contributed by atoms with E-state index in [1.807, 2.05) is 24.3 Å². The molecule has 0 spiro atoms. The molecule has 122 valence electrons. The highest BCUT2D eigenvalue weighted by molar-refractivity contribution is 7.89. The van der Waals surface area contributed by atoms with Crippen LogP contribution in [0.3, 0.4) is 0 Å². The van der Waals surface area contributed by atoms with Gasteiger partial charge >= 0.3 is 0 Å². The molecule has 5 nitrogen and oxygen atoms in total. The molecule has 6 heteroatoms. The first-order valence-electron chi connectivity index (χ1n) is 7.34. The largest absolute Gasteiger partial charge is 0.366 e. The predicted molar refractivity (Wildman–Crippen MR) is 89.5 cm³/mol. The Bertz CT molecular complexity index is 782. The molecule has 23 heavy (non-hydrogen) atoms. The van der Waals surface area contributed by atoms with Crippen molar-refractivity contribution in [3.63, 3.8) is 0 Å². The molecule has 0 heterocycles. The van der Waals surface area contributed by atoms with Crippen molar-refractivity contribution < 1.29 is 13.2 Å². The average molecular weight is 332 g/mol. The minimum absolute atomic E-state index is 0.0968. The van der Waals surface area contributed by atoms with Crippen LogP contribution in [0.5, 0.6) is 0 Å². The quantitative estimate of drug-likeness (QED) is 0.851. The summed E-state index contributed by atoms with van der Waals surface area (Å²) >= 11 is 0. The summed E-state index contributed by atoms with van der Waals surface area (Å²) in [4.78, 5) is 11.1. The summed E-state index contributed by atoms with van der Waals surface area (Å²) < 4.78 is 27.4. The lowest BCUT2D eigenvalue weighted by atomic mass is 10.1. The van der Waals surface area contributed by atoms with Gasteiger partial charge in [-0.15, -0.1) is 0 Å². The topological polar surface area (TPSA) is 89.3 Å². The Morgan fingerprint density at radius 1 is 1.09 bits per heavy atom. The third kappa shape index (κ3) is 4.18. The first kappa shape index (κ1) is 17.2. The van der Waals surface area contributed by atoms with Gasteiger partial charge in [-0.1, -0.05) is 31.2 Å². The van der Waals surface area contributed by atoms with Crippen LogP contribution in [0, 0.1) is 0 Å². The number of aryl methyl sites for hydroxylation is 1. The molecular formula is C17H20N2O3S. The van der Waals surface area contributed by atoms with E-state index in [2.05, 4.69) is 11.6 Å². The predicted octanol–water partition coefficient (Wildman–Crippen LogP) is 2.39. The van der Waals surface area contributed by atoms with Crippen LogP contribution in [0.25, 0.3) is 0 Å². The molecule has 0 aliphatic heterocycles. The van der Waals surface area contributed by atoms with Crippen molar-refractivity contribution in [1.29, 1.82) is 0 Å². The number of carbonyl (C=O) groups is 1. The molecule has 0 aliphatic carbocycles. The Balaban J connectivity index is 2.17. The van der Waals surface area contributed by atoms with E-state index in [4.69, 9.17) is 5.73 Å². The standard InChI is InChI=1S/C17H20N2O3S/c1-3-13-4-6-14(7-5-13)12(2)19-23(21,22)16-10-8-15(9-11-16)17(18)20/h4-12,19H,3H2,1-2H3,(H2,18,20). The van der Waals surface area contributed by atoms with Gasteiger partial charge in [-0.25, -0.2) is 13.1 Å². The lowest BCUT2D eigenvalue weighted by Crippen LogP contribution is -2.27. The number of nitrogens with two attached hydrogens (primary N) is 1. The second-order valence-electron chi connectivity index (χ2n) is 5.33. The maximum absolute atomic E-state index is 12.4. The Hall–Kier alpha value is -2.18. The summed E-state index contributed by atoms with van der Waals surface area (Å²) in [6, 6.07) is 13.0. The van der Waals surface area contributed by atoms with Crippen LogP contribution >= 0.6 is 0 Å². The molecule has 1 atom stereocenters. The fourth-order valence-corrected chi connectivity index (χ4v) is 3.44. The minimum Gasteiger partial charge on any atom is -0.366 e. The Kier molecular flexibility index (Phi) is 5.18. The van der Waals surface area contributed by atoms with Crippen LogP contribution in [0.4, 0.5) is 0 Å². The average Bonchev–Trinajstić information content (AvgIpc) is 2.54. The smallest absolute Gasteiger partial charge is 0.248 e. The molecule has 0 saturated carbocycles. The third-order valence-corrected chi connectivity index (χ3v) is 5.23. The van der Waals surface area contributed by atoms with Crippen molar-refractivity contribution in [3.05, 3.63) is 65.2 Å². The van der Waals surface area contributed by atoms with Crippen LogP contribution in [-0.4, -0.2) is 14.3 Å². The first-order chi connectivity index (χ1) is 10.8. The molecule has 0 aromatic heterocycles. The van der Waals surface area contributed by atoms with Crippen molar-refractivity contribution in [2.45, 2.75) is 31.2 Å². The fraction of sp³-hybridized carbons (Fsp3) is 0.235. The molecule has 2 aromatic rings. The lowest BCUT2D eigenvalue weighted by Gasteiger charge is -2.15. The van der Waals surface area contributed by atoms with Gasteiger partial charge < -0.3 is 5.73 Å². The van der Waals surface area contributed by atoms with Gasteiger partial charge in [0.05, 0.1) is 4.90 Å². The zero-order valence-electron chi connectivity index (χ0n) is 13.1. The summed E-state index contributed by atoms with van der Waals surface area (Å²) in [6.45, 7) is 3.85. The molecule has 1 amide bonds. The highest BCUT2D eigenvalue weighted by Crippen LogP contribution is 2.18. The van der Waals surface area contributed by atoms with Gasteiger partial charge in [0.1, 0.15) is 0 Å². The Morgan fingerprint density at radius 2 is 1.65 bits per heavy atom. The van der Waals surface area contributed by atoms with Gasteiger partial charge in [-0.3, -0.25) is 4.79 Å². The molecule has 0 radical (unpaired) electrons. The van der Waals surface area contributed by atoms with E-state index in [9.17, 15) is 13.2 Å². The number of hydrogen-bond donors (Lipinski definition) is 2. The fourth-order valence-electron chi connectivity index (χ4n) is 2.21. The van der Waals surface area contributed by atoms with Crippen molar-refractivity contribution in [3.8, 4) is 0 Å². The number of carbonyl (C=O) groups excluding carboxylic acids is 1. The molecule has 3 N–H and O–H groups in total. The van der Waals surface area contributed by atoms with E-state index in [1.54, 1.807) is 6.92 Å². The van der Waals surface area contributed by atoms with E-state index >= 15 is 0 Å². The van der Waals surface area contributed by atoms with Gasteiger partial charge in [0.2, 0.25) is 15.9 Å².